The summed E-state index contributed by atoms with van der Waals surface area (Å²) >= 11 is 0. The summed E-state index contributed by atoms with van der Waals surface area (Å²) in [5.41, 5.74) is 15.1. The highest BCUT2D eigenvalue weighted by molar-refractivity contribution is 6.21. The summed E-state index contributed by atoms with van der Waals surface area (Å²) in [7, 11) is 0. The van der Waals surface area contributed by atoms with Crippen LogP contribution in [0, 0.1) is 12.3 Å². The van der Waals surface area contributed by atoms with Crippen molar-refractivity contribution in [3.8, 4) is 28.1 Å². The molecule has 0 fully saturated rings. The van der Waals surface area contributed by atoms with Crippen molar-refractivity contribution < 1.29 is 0 Å². The highest BCUT2D eigenvalue weighted by Crippen LogP contribution is 2.46. The van der Waals surface area contributed by atoms with Crippen LogP contribution in [0.15, 0.2) is 241 Å². The van der Waals surface area contributed by atoms with Gasteiger partial charge in [-0.15, -0.1) is 0 Å². The maximum absolute atomic E-state index is 8.75. The number of hydrogen-bond acceptors (Lipinski definition) is 1. The predicted molar refractivity (Wildman–Crippen MR) is 287 cm³/mol. The standard InChI is InChI=1S/C55H36N6.C7H8/c1-57-55(58-54(56)38-20-9-4-10-21-38)39-23-13-24-40(32-39)60-46-29-12-11-25-41(46)45-33-49-48(34-47(45)60)59-31-30-37-22-14-26-42(51(37)59)43-27-15-28-44-50(35-16-5-2-6-17-35)52(61(49)53(43)44)36-18-7-3-8-19-36;1-7-5-3-2-4-6-7/h2-34,56H,1H2;2-6H,1H3. The number of nitrogens with zero attached hydrogens (tertiary/aromatic N) is 5. The molecule has 0 saturated heterocycles. The van der Waals surface area contributed by atoms with Gasteiger partial charge in [0.05, 0.1) is 38.8 Å². The van der Waals surface area contributed by atoms with E-state index in [9.17, 15) is 0 Å². The van der Waals surface area contributed by atoms with Crippen LogP contribution in [-0.2, 0) is 0 Å². The van der Waals surface area contributed by atoms with E-state index in [4.69, 9.17) is 5.41 Å². The zero-order chi connectivity index (χ0) is 45.7. The maximum Gasteiger partial charge on any atom is 0.161 e. The second-order valence-corrected chi connectivity index (χ2v) is 17.1. The highest BCUT2D eigenvalue weighted by Gasteiger charge is 2.24. The normalized spacial score (nSPS) is 11.8. The fourth-order valence-electron chi connectivity index (χ4n) is 10.1. The molecule has 0 aliphatic rings. The van der Waals surface area contributed by atoms with Gasteiger partial charge < -0.3 is 13.4 Å². The minimum absolute atomic E-state index is 0.133. The lowest BCUT2D eigenvalue weighted by molar-refractivity contribution is 1.17. The van der Waals surface area contributed by atoms with E-state index in [-0.39, 0.29) is 5.84 Å². The molecule has 4 heterocycles. The molecule has 0 atom stereocenters. The van der Waals surface area contributed by atoms with Gasteiger partial charge in [-0.1, -0.05) is 194 Å². The van der Waals surface area contributed by atoms with Crippen molar-refractivity contribution >= 4 is 83.8 Å². The molecule has 0 radical (unpaired) electrons. The molecule has 0 aliphatic heterocycles. The lowest BCUT2D eigenvalue weighted by Gasteiger charge is -2.14. The number of hydrogen-bond donors (Lipinski definition) is 1. The van der Waals surface area contributed by atoms with Crippen molar-refractivity contribution in [2.45, 2.75) is 6.92 Å². The molecular weight excluding hydrogens is 829 g/mol. The number of aromatic nitrogens is 3. The van der Waals surface area contributed by atoms with Gasteiger partial charge in [0.25, 0.3) is 0 Å². The first-order valence-electron chi connectivity index (χ1n) is 22.8. The van der Waals surface area contributed by atoms with Crippen molar-refractivity contribution in [3.63, 3.8) is 0 Å². The van der Waals surface area contributed by atoms with E-state index in [1.165, 1.54) is 49.3 Å². The number of aliphatic imine (C=N–C) groups is 2. The number of rotatable bonds is 5. The van der Waals surface area contributed by atoms with E-state index in [1.807, 2.05) is 60.7 Å². The Morgan fingerprint density at radius 2 is 1.07 bits per heavy atom. The Morgan fingerprint density at radius 1 is 0.471 bits per heavy atom. The molecular formula is C62H44N6. The third-order valence-corrected chi connectivity index (χ3v) is 13.1. The van der Waals surface area contributed by atoms with E-state index >= 15 is 0 Å². The van der Waals surface area contributed by atoms with Crippen LogP contribution in [0.2, 0.25) is 0 Å². The summed E-state index contributed by atoms with van der Waals surface area (Å²) in [5, 5.41) is 15.8. The summed E-state index contributed by atoms with van der Waals surface area (Å²) in [4.78, 5) is 8.97. The summed E-state index contributed by atoms with van der Waals surface area (Å²) in [5.74, 6) is 0.527. The first kappa shape index (κ1) is 40.4. The monoisotopic (exact) mass is 872 g/mol. The van der Waals surface area contributed by atoms with E-state index < -0.39 is 0 Å². The third kappa shape index (κ3) is 6.69. The molecule has 0 spiro atoms. The largest absolute Gasteiger partial charge is 0.314 e. The Morgan fingerprint density at radius 3 is 1.79 bits per heavy atom. The van der Waals surface area contributed by atoms with Crippen LogP contribution in [0.1, 0.15) is 16.7 Å². The fraction of sp³-hybridized carbons (Fsp3) is 0.0161. The molecule has 4 aromatic heterocycles. The molecule has 68 heavy (non-hydrogen) atoms. The van der Waals surface area contributed by atoms with E-state index in [2.05, 4.69) is 207 Å². The molecule has 0 bridgehead atoms. The van der Waals surface area contributed by atoms with Gasteiger partial charge in [-0.05, 0) is 61.2 Å². The Balaban J connectivity index is 0.000000632. The minimum atomic E-state index is 0.133. The average Bonchev–Trinajstić information content (AvgIpc) is 4.09. The topological polar surface area (TPSA) is 62.3 Å². The van der Waals surface area contributed by atoms with Crippen LogP contribution >= 0.6 is 0 Å². The molecule has 1 N–H and O–H groups in total. The Bertz CT molecular complexity index is 4100. The molecule has 6 nitrogen and oxygen atoms in total. The summed E-state index contributed by atoms with van der Waals surface area (Å²) in [6.07, 6.45) is 2.22. The van der Waals surface area contributed by atoms with Gasteiger partial charge in [-0.25, -0.2) is 9.98 Å². The smallest absolute Gasteiger partial charge is 0.161 e. The Labute approximate surface area is 393 Å². The molecule has 0 amide bonds. The van der Waals surface area contributed by atoms with E-state index in [0.29, 0.717) is 11.4 Å². The third-order valence-electron chi connectivity index (χ3n) is 13.1. The Hall–Kier alpha value is -9.13. The number of para-hydroxylation sites is 3. The van der Waals surface area contributed by atoms with E-state index in [1.54, 1.807) is 0 Å². The van der Waals surface area contributed by atoms with Gasteiger partial charge >= 0.3 is 0 Å². The van der Waals surface area contributed by atoms with Crippen LogP contribution in [0.5, 0.6) is 0 Å². The average molecular weight is 873 g/mol. The molecule has 6 heteroatoms. The van der Waals surface area contributed by atoms with Crippen molar-refractivity contribution in [3.05, 3.63) is 247 Å². The minimum Gasteiger partial charge on any atom is -0.314 e. The number of benzene rings is 9. The summed E-state index contributed by atoms with van der Waals surface area (Å²) < 4.78 is 7.26. The summed E-state index contributed by atoms with van der Waals surface area (Å²) in [6.45, 7) is 5.95. The predicted octanol–water partition coefficient (Wildman–Crippen LogP) is 15.6. The lowest BCUT2D eigenvalue weighted by atomic mass is 9.97. The first-order valence-corrected chi connectivity index (χ1v) is 22.8. The zero-order valence-electron chi connectivity index (χ0n) is 37.4. The SMILES string of the molecule is C=NC(=NC(=N)c1ccccc1)c1cccc(-n2c3ccccc3c3cc4c(cc32)n2ccc3cccc(c5cccc6c(-c7ccccc7)c(-c7ccccc7)n4c65)c32)c1.Cc1ccccc1. The second kappa shape index (κ2) is 16.7. The lowest BCUT2D eigenvalue weighted by Crippen LogP contribution is -2.05. The quantitative estimate of drug-likeness (QED) is 0.132. The molecule has 13 rings (SSSR count). The fourth-order valence-corrected chi connectivity index (χ4v) is 10.1. The number of nitrogens with one attached hydrogen (secondary N) is 1. The highest BCUT2D eigenvalue weighted by atomic mass is 15.0. The van der Waals surface area contributed by atoms with Crippen LogP contribution < -0.4 is 0 Å². The van der Waals surface area contributed by atoms with Crippen molar-refractivity contribution in [1.82, 2.24) is 13.4 Å². The Kier molecular flexibility index (Phi) is 9.92. The first-order chi connectivity index (χ1) is 33.6. The zero-order valence-corrected chi connectivity index (χ0v) is 37.4. The molecule has 0 unspecified atom stereocenters. The van der Waals surface area contributed by atoms with Crippen LogP contribution in [0.3, 0.4) is 0 Å². The number of fused-ring (bicyclic) bond motifs is 7. The van der Waals surface area contributed by atoms with Gasteiger partial charge in [0.15, 0.2) is 11.7 Å². The molecule has 0 aliphatic carbocycles. The number of amidine groups is 2. The van der Waals surface area contributed by atoms with Gasteiger partial charge in [0.2, 0.25) is 0 Å². The maximum atomic E-state index is 8.75. The van der Waals surface area contributed by atoms with Gasteiger partial charge in [0, 0.05) is 60.9 Å². The van der Waals surface area contributed by atoms with Crippen LogP contribution in [-0.4, -0.2) is 31.8 Å². The van der Waals surface area contributed by atoms with Gasteiger partial charge in [0.1, 0.15) is 0 Å². The van der Waals surface area contributed by atoms with Crippen LogP contribution in [0.4, 0.5) is 0 Å². The second-order valence-electron chi connectivity index (χ2n) is 17.1. The van der Waals surface area contributed by atoms with Crippen molar-refractivity contribution in [2.24, 2.45) is 9.98 Å². The van der Waals surface area contributed by atoms with E-state index in [0.717, 1.165) is 55.3 Å². The molecule has 9 aromatic carbocycles. The molecule has 13 aromatic rings. The van der Waals surface area contributed by atoms with Gasteiger partial charge in [-0.2, -0.15) is 0 Å². The molecule has 0 saturated carbocycles. The van der Waals surface area contributed by atoms with Crippen molar-refractivity contribution in [2.75, 3.05) is 0 Å². The number of aryl methyl sites for hydroxylation is 1. The molecule has 322 valence electrons. The summed E-state index contributed by atoms with van der Waals surface area (Å²) in [6, 6.07) is 78.8. The van der Waals surface area contributed by atoms with Crippen LogP contribution in [0.25, 0.3) is 93.5 Å². The van der Waals surface area contributed by atoms with Gasteiger partial charge in [-0.3, -0.25) is 5.41 Å². The van der Waals surface area contributed by atoms with Crippen molar-refractivity contribution in [1.29, 1.82) is 5.41 Å².